The van der Waals surface area contributed by atoms with Crippen molar-refractivity contribution in [3.05, 3.63) is 52.2 Å². The Morgan fingerprint density at radius 3 is 2.65 bits per heavy atom. The van der Waals surface area contributed by atoms with E-state index in [1.807, 2.05) is 0 Å². The second-order valence-electron chi connectivity index (χ2n) is 4.60. The van der Waals surface area contributed by atoms with E-state index in [1.165, 1.54) is 30.3 Å². The van der Waals surface area contributed by atoms with Crippen molar-refractivity contribution in [2.75, 3.05) is 6.61 Å². The zero-order valence-electron chi connectivity index (χ0n) is 12.1. The molecule has 0 atom stereocenters. The molecular formula is C15H12N2O6. The number of nitro benzene ring substituents is 1. The third kappa shape index (κ3) is 3.00. The molecule has 0 saturated carbocycles. The Hall–Kier alpha value is -3.29. The van der Waals surface area contributed by atoms with E-state index in [9.17, 15) is 14.9 Å². The summed E-state index contributed by atoms with van der Waals surface area (Å²) in [5.74, 6) is 0.143. The number of ether oxygens (including phenoxy) is 2. The van der Waals surface area contributed by atoms with Crippen LogP contribution in [0.1, 0.15) is 17.4 Å². The first-order valence-corrected chi connectivity index (χ1v) is 6.79. The van der Waals surface area contributed by atoms with Crippen molar-refractivity contribution in [3.63, 3.8) is 0 Å². The summed E-state index contributed by atoms with van der Waals surface area (Å²) in [7, 11) is 0. The van der Waals surface area contributed by atoms with E-state index in [1.54, 1.807) is 13.0 Å². The summed E-state index contributed by atoms with van der Waals surface area (Å²) >= 11 is 0. The number of H-pyrrole nitrogens is 1. The van der Waals surface area contributed by atoms with Gasteiger partial charge in [0.1, 0.15) is 11.4 Å². The maximum atomic E-state index is 11.6. The van der Waals surface area contributed by atoms with E-state index in [0.717, 1.165) is 0 Å². The largest absolute Gasteiger partial charge is 0.461 e. The zero-order chi connectivity index (χ0) is 16.4. The molecule has 0 fully saturated rings. The summed E-state index contributed by atoms with van der Waals surface area (Å²) in [5, 5.41) is 10.6. The molecule has 8 heteroatoms. The predicted octanol–water partition coefficient (Wildman–Crippen LogP) is 3.64. The van der Waals surface area contributed by atoms with E-state index < -0.39 is 10.9 Å². The number of hydrogen-bond acceptors (Lipinski definition) is 6. The molecule has 0 saturated heterocycles. The Labute approximate surface area is 129 Å². The van der Waals surface area contributed by atoms with Crippen LogP contribution in [-0.4, -0.2) is 22.5 Å². The first-order chi connectivity index (χ1) is 11.1. The number of benzene rings is 1. The summed E-state index contributed by atoms with van der Waals surface area (Å²) in [4.78, 5) is 24.6. The summed E-state index contributed by atoms with van der Waals surface area (Å²) in [6, 6.07) is 8.72. The Kier molecular flexibility index (Phi) is 3.71. The van der Waals surface area contributed by atoms with Crippen molar-refractivity contribution < 1.29 is 23.6 Å². The van der Waals surface area contributed by atoms with E-state index in [4.69, 9.17) is 13.9 Å². The number of nitrogens with zero attached hydrogens (tertiary/aromatic N) is 1. The van der Waals surface area contributed by atoms with Crippen LogP contribution in [0.4, 0.5) is 5.69 Å². The molecule has 0 spiro atoms. The number of nitrogens with one attached hydrogen (secondary N) is 1. The van der Waals surface area contributed by atoms with E-state index in [2.05, 4.69) is 4.98 Å². The van der Waals surface area contributed by atoms with Crippen LogP contribution in [0, 0.1) is 10.1 Å². The molecule has 0 aliphatic carbocycles. The number of carbonyl (C=O) groups excluding carboxylic acids is 1. The second kappa shape index (κ2) is 5.84. The van der Waals surface area contributed by atoms with Gasteiger partial charge in [-0.3, -0.25) is 10.1 Å². The van der Waals surface area contributed by atoms with Gasteiger partial charge < -0.3 is 18.9 Å². The molecule has 0 aliphatic heterocycles. The number of aromatic amines is 1. The Balaban J connectivity index is 1.77. The number of aromatic nitrogens is 1. The highest BCUT2D eigenvalue weighted by atomic mass is 16.6. The average Bonchev–Trinajstić information content (AvgIpc) is 3.06. The van der Waals surface area contributed by atoms with Gasteiger partial charge in [0.2, 0.25) is 0 Å². The third-order valence-corrected chi connectivity index (χ3v) is 3.04. The number of rotatable bonds is 5. The van der Waals surface area contributed by atoms with Gasteiger partial charge >= 0.3 is 5.97 Å². The molecule has 3 rings (SSSR count). The number of carbonyl (C=O) groups is 1. The summed E-state index contributed by atoms with van der Waals surface area (Å²) in [5.41, 5.74) is 1.31. The van der Waals surface area contributed by atoms with Gasteiger partial charge in [-0.1, -0.05) is 0 Å². The highest BCUT2D eigenvalue weighted by Gasteiger charge is 2.15. The number of furan rings is 1. The Morgan fingerprint density at radius 2 is 2.04 bits per heavy atom. The minimum absolute atomic E-state index is 0.0250. The van der Waals surface area contributed by atoms with Crippen molar-refractivity contribution >= 4 is 22.8 Å². The normalized spacial score (nSPS) is 10.7. The lowest BCUT2D eigenvalue weighted by atomic mass is 10.3. The molecule has 2 aromatic heterocycles. The molecule has 8 nitrogen and oxygen atoms in total. The molecule has 0 radical (unpaired) electrons. The van der Waals surface area contributed by atoms with Gasteiger partial charge in [0.15, 0.2) is 5.58 Å². The minimum Gasteiger partial charge on any atom is -0.461 e. The molecule has 2 heterocycles. The van der Waals surface area contributed by atoms with Crippen LogP contribution in [-0.2, 0) is 4.74 Å². The number of hydrogen-bond donors (Lipinski definition) is 1. The molecular weight excluding hydrogens is 304 g/mol. The molecule has 1 N–H and O–H groups in total. The first-order valence-electron chi connectivity index (χ1n) is 6.79. The quantitative estimate of drug-likeness (QED) is 0.437. The molecule has 0 aliphatic rings. The highest BCUT2D eigenvalue weighted by Crippen LogP contribution is 2.30. The fourth-order valence-electron chi connectivity index (χ4n) is 2.02. The summed E-state index contributed by atoms with van der Waals surface area (Å²) in [6.07, 6.45) is 0. The molecule has 118 valence electrons. The standard InChI is InChI=1S/C15H12N2O6/c1-2-21-15(18)12-7-13-11(16-12)8-14(23-13)22-10-5-3-9(4-6-10)17(19)20/h3-8,16H,2H2,1H3. The van der Waals surface area contributed by atoms with Crippen molar-refractivity contribution in [2.24, 2.45) is 0 Å². The number of non-ortho nitro benzene ring substituents is 1. The lowest BCUT2D eigenvalue weighted by molar-refractivity contribution is -0.384. The highest BCUT2D eigenvalue weighted by molar-refractivity contribution is 5.93. The lowest BCUT2D eigenvalue weighted by Gasteiger charge is -2.00. The van der Waals surface area contributed by atoms with Crippen molar-refractivity contribution in [3.8, 4) is 11.7 Å². The van der Waals surface area contributed by atoms with Crippen molar-refractivity contribution in [1.29, 1.82) is 0 Å². The van der Waals surface area contributed by atoms with Gasteiger partial charge in [0.25, 0.3) is 11.6 Å². The van der Waals surface area contributed by atoms with Gasteiger partial charge in [-0.15, -0.1) is 0 Å². The SMILES string of the molecule is CCOC(=O)c1cc2oc(Oc3ccc([N+](=O)[O-])cc3)cc2[nH]1. The maximum absolute atomic E-state index is 11.6. The third-order valence-electron chi connectivity index (χ3n) is 3.04. The second-order valence-corrected chi connectivity index (χ2v) is 4.60. The molecule has 1 aromatic carbocycles. The monoisotopic (exact) mass is 316 g/mol. The molecule has 0 amide bonds. The van der Waals surface area contributed by atoms with Gasteiger partial charge in [0, 0.05) is 24.3 Å². The number of esters is 1. The van der Waals surface area contributed by atoms with Crippen LogP contribution in [0.5, 0.6) is 11.7 Å². The molecule has 0 unspecified atom stereocenters. The van der Waals surface area contributed by atoms with Gasteiger partial charge in [-0.05, 0) is 19.1 Å². The molecule has 0 bridgehead atoms. The summed E-state index contributed by atoms with van der Waals surface area (Å²) < 4.78 is 15.8. The Morgan fingerprint density at radius 1 is 1.30 bits per heavy atom. The van der Waals surface area contributed by atoms with E-state index in [-0.39, 0.29) is 18.2 Å². The lowest BCUT2D eigenvalue weighted by Crippen LogP contribution is -2.04. The first kappa shape index (κ1) is 14.6. The fourth-order valence-corrected chi connectivity index (χ4v) is 2.02. The molecule has 3 aromatic rings. The fraction of sp³-hybridized carbons (Fsp3) is 0.133. The number of nitro groups is 1. The van der Waals surface area contributed by atoms with Crippen LogP contribution >= 0.6 is 0 Å². The van der Waals surface area contributed by atoms with Crippen LogP contribution in [0.25, 0.3) is 11.1 Å². The average molecular weight is 316 g/mol. The van der Waals surface area contributed by atoms with E-state index >= 15 is 0 Å². The number of fused-ring (bicyclic) bond motifs is 1. The zero-order valence-corrected chi connectivity index (χ0v) is 12.1. The predicted molar refractivity (Wildman–Crippen MR) is 79.7 cm³/mol. The van der Waals surface area contributed by atoms with Crippen LogP contribution in [0.2, 0.25) is 0 Å². The van der Waals surface area contributed by atoms with Gasteiger partial charge in [-0.25, -0.2) is 4.79 Å². The maximum Gasteiger partial charge on any atom is 0.354 e. The van der Waals surface area contributed by atoms with Crippen LogP contribution in [0.15, 0.2) is 40.8 Å². The minimum atomic E-state index is -0.489. The van der Waals surface area contributed by atoms with Gasteiger partial charge in [-0.2, -0.15) is 0 Å². The van der Waals surface area contributed by atoms with E-state index in [0.29, 0.717) is 22.5 Å². The van der Waals surface area contributed by atoms with Crippen molar-refractivity contribution in [1.82, 2.24) is 4.98 Å². The smallest absolute Gasteiger partial charge is 0.354 e. The van der Waals surface area contributed by atoms with Gasteiger partial charge in [0.05, 0.1) is 17.0 Å². The van der Waals surface area contributed by atoms with Crippen molar-refractivity contribution in [2.45, 2.75) is 6.92 Å². The summed E-state index contributed by atoms with van der Waals surface area (Å²) in [6.45, 7) is 2.01. The Bertz CT molecular complexity index is 830. The van der Waals surface area contributed by atoms with Crippen LogP contribution < -0.4 is 4.74 Å². The molecule has 23 heavy (non-hydrogen) atoms. The van der Waals surface area contributed by atoms with Crippen LogP contribution in [0.3, 0.4) is 0 Å². The topological polar surface area (TPSA) is 108 Å².